The number of hydrogen-bond donors (Lipinski definition) is 0. The normalized spacial score (nSPS) is 10.2. The number of benzene rings is 2. The van der Waals surface area contributed by atoms with Crippen LogP contribution < -0.4 is 14.4 Å². The minimum absolute atomic E-state index is 0.00953. The summed E-state index contributed by atoms with van der Waals surface area (Å²) in [7, 11) is 1.61. The van der Waals surface area contributed by atoms with E-state index in [2.05, 4.69) is 0 Å². The smallest absolute Gasteiger partial charge is 0.264 e. The number of thioether (sulfide) groups is 1. The standard InChI is InChI=1S/C18H21NO3S/c1-21-16-8-10-17(11-9-16)22-14-18(20)19(12-13-23-2)15-6-4-3-5-7-15/h3-11H,12-14H2,1-2H3. The van der Waals surface area contributed by atoms with Gasteiger partial charge in [0.25, 0.3) is 5.91 Å². The van der Waals surface area contributed by atoms with E-state index in [1.807, 2.05) is 48.7 Å². The zero-order valence-corrected chi connectivity index (χ0v) is 14.2. The fourth-order valence-corrected chi connectivity index (χ4v) is 2.45. The van der Waals surface area contributed by atoms with E-state index in [1.165, 1.54) is 0 Å². The van der Waals surface area contributed by atoms with Crippen molar-refractivity contribution in [3.8, 4) is 11.5 Å². The number of methoxy groups -OCH3 is 1. The van der Waals surface area contributed by atoms with Crippen LogP contribution in [0.4, 0.5) is 5.69 Å². The molecule has 0 spiro atoms. The highest BCUT2D eigenvalue weighted by Gasteiger charge is 2.15. The molecule has 0 saturated carbocycles. The molecule has 0 radical (unpaired) electrons. The molecule has 0 aliphatic heterocycles. The van der Waals surface area contributed by atoms with Crippen LogP contribution in [-0.2, 0) is 4.79 Å². The highest BCUT2D eigenvalue weighted by atomic mass is 32.2. The van der Waals surface area contributed by atoms with Crippen molar-refractivity contribution in [3.63, 3.8) is 0 Å². The summed E-state index contributed by atoms with van der Waals surface area (Å²) in [5.41, 5.74) is 0.893. The van der Waals surface area contributed by atoms with Crippen LogP contribution in [0.2, 0.25) is 0 Å². The van der Waals surface area contributed by atoms with Crippen LogP contribution in [-0.4, -0.2) is 38.2 Å². The molecule has 4 nitrogen and oxygen atoms in total. The van der Waals surface area contributed by atoms with Gasteiger partial charge in [-0.15, -0.1) is 0 Å². The number of amides is 1. The molecule has 0 aliphatic carbocycles. The van der Waals surface area contributed by atoms with E-state index in [-0.39, 0.29) is 12.5 Å². The molecule has 1 amide bonds. The lowest BCUT2D eigenvalue weighted by Crippen LogP contribution is -2.36. The number of rotatable bonds is 8. The number of ether oxygens (including phenoxy) is 2. The Morgan fingerprint density at radius 1 is 1.04 bits per heavy atom. The Morgan fingerprint density at radius 2 is 1.70 bits per heavy atom. The third-order valence-corrected chi connectivity index (χ3v) is 3.90. The first-order valence-corrected chi connectivity index (χ1v) is 8.75. The van der Waals surface area contributed by atoms with Crippen LogP contribution in [0.15, 0.2) is 54.6 Å². The van der Waals surface area contributed by atoms with Crippen LogP contribution in [0.25, 0.3) is 0 Å². The zero-order chi connectivity index (χ0) is 16.5. The maximum atomic E-state index is 12.5. The third kappa shape index (κ3) is 5.21. The highest BCUT2D eigenvalue weighted by Crippen LogP contribution is 2.18. The van der Waals surface area contributed by atoms with E-state index in [9.17, 15) is 4.79 Å². The largest absolute Gasteiger partial charge is 0.497 e. The summed E-state index contributed by atoms with van der Waals surface area (Å²) in [4.78, 5) is 14.3. The second-order valence-electron chi connectivity index (χ2n) is 4.84. The van der Waals surface area contributed by atoms with Crippen LogP contribution in [0.3, 0.4) is 0 Å². The number of anilines is 1. The van der Waals surface area contributed by atoms with Crippen LogP contribution in [0, 0.1) is 0 Å². The van der Waals surface area contributed by atoms with Crippen molar-refractivity contribution in [1.82, 2.24) is 0 Å². The average Bonchev–Trinajstić information content (AvgIpc) is 2.61. The molecule has 5 heteroatoms. The van der Waals surface area contributed by atoms with Crippen molar-refractivity contribution in [2.45, 2.75) is 0 Å². The maximum absolute atomic E-state index is 12.5. The second-order valence-corrected chi connectivity index (χ2v) is 5.82. The lowest BCUT2D eigenvalue weighted by atomic mass is 10.3. The topological polar surface area (TPSA) is 38.8 Å². The van der Waals surface area contributed by atoms with Gasteiger partial charge in [0.2, 0.25) is 0 Å². The van der Waals surface area contributed by atoms with Gasteiger partial charge in [0, 0.05) is 18.0 Å². The van der Waals surface area contributed by atoms with Crippen molar-refractivity contribution < 1.29 is 14.3 Å². The van der Waals surface area contributed by atoms with Gasteiger partial charge in [-0.25, -0.2) is 0 Å². The molecule has 0 saturated heterocycles. The molecule has 0 atom stereocenters. The van der Waals surface area contributed by atoms with E-state index in [0.717, 1.165) is 17.2 Å². The average molecular weight is 331 g/mol. The van der Waals surface area contributed by atoms with Gasteiger partial charge in [0.15, 0.2) is 6.61 Å². The molecule has 0 bridgehead atoms. The summed E-state index contributed by atoms with van der Waals surface area (Å²) < 4.78 is 10.7. The number of hydrogen-bond acceptors (Lipinski definition) is 4. The maximum Gasteiger partial charge on any atom is 0.264 e. The van der Waals surface area contributed by atoms with Crippen LogP contribution >= 0.6 is 11.8 Å². The summed E-state index contributed by atoms with van der Waals surface area (Å²) >= 11 is 1.71. The van der Waals surface area contributed by atoms with E-state index < -0.39 is 0 Å². The van der Waals surface area contributed by atoms with Crippen molar-refractivity contribution in [3.05, 3.63) is 54.6 Å². The van der Waals surface area contributed by atoms with Gasteiger partial charge in [0.05, 0.1) is 7.11 Å². The Labute approximate surface area is 141 Å². The molecular formula is C18H21NO3S. The van der Waals surface area contributed by atoms with Gasteiger partial charge in [-0.1, -0.05) is 18.2 Å². The van der Waals surface area contributed by atoms with E-state index in [1.54, 1.807) is 35.9 Å². The van der Waals surface area contributed by atoms with Gasteiger partial charge in [-0.2, -0.15) is 11.8 Å². The molecule has 23 heavy (non-hydrogen) atoms. The molecule has 2 aromatic carbocycles. The quantitative estimate of drug-likeness (QED) is 0.742. The van der Waals surface area contributed by atoms with Crippen LogP contribution in [0.5, 0.6) is 11.5 Å². The number of nitrogens with zero attached hydrogens (tertiary/aromatic N) is 1. The van der Waals surface area contributed by atoms with Crippen molar-refractivity contribution in [2.75, 3.05) is 37.2 Å². The molecule has 0 fully saturated rings. The summed E-state index contributed by atoms with van der Waals surface area (Å²) in [6, 6.07) is 16.9. The Balaban J connectivity index is 1.99. The summed E-state index contributed by atoms with van der Waals surface area (Å²) in [6.07, 6.45) is 2.03. The first kappa shape index (κ1) is 17.2. The lowest BCUT2D eigenvalue weighted by molar-refractivity contribution is -0.120. The zero-order valence-electron chi connectivity index (χ0n) is 13.4. The Morgan fingerprint density at radius 3 is 2.30 bits per heavy atom. The minimum Gasteiger partial charge on any atom is -0.497 e. The number of para-hydroxylation sites is 1. The summed E-state index contributed by atoms with van der Waals surface area (Å²) in [6.45, 7) is 0.672. The fourth-order valence-electron chi connectivity index (χ4n) is 2.08. The van der Waals surface area contributed by atoms with Crippen molar-refractivity contribution in [1.29, 1.82) is 0 Å². The lowest BCUT2D eigenvalue weighted by Gasteiger charge is -2.22. The Hall–Kier alpha value is -2.14. The first-order valence-electron chi connectivity index (χ1n) is 7.36. The Bertz CT molecular complexity index is 601. The first-order chi connectivity index (χ1) is 11.2. The molecule has 2 rings (SSSR count). The van der Waals surface area contributed by atoms with Crippen molar-refractivity contribution in [2.24, 2.45) is 0 Å². The van der Waals surface area contributed by atoms with Crippen molar-refractivity contribution >= 4 is 23.4 Å². The fraction of sp³-hybridized carbons (Fsp3) is 0.278. The predicted octanol–water partition coefficient (Wildman–Crippen LogP) is 3.47. The molecule has 0 heterocycles. The number of carbonyl (C=O) groups excluding carboxylic acids is 1. The van der Waals surface area contributed by atoms with Gasteiger partial charge in [-0.05, 0) is 42.7 Å². The Kier molecular flexibility index (Phi) is 6.81. The third-order valence-electron chi connectivity index (χ3n) is 3.31. The highest BCUT2D eigenvalue weighted by molar-refractivity contribution is 7.98. The van der Waals surface area contributed by atoms with Gasteiger partial charge in [-0.3, -0.25) is 4.79 Å². The minimum atomic E-state index is -0.0546. The second kappa shape index (κ2) is 9.10. The van der Waals surface area contributed by atoms with E-state index in [0.29, 0.717) is 12.3 Å². The van der Waals surface area contributed by atoms with Gasteiger partial charge < -0.3 is 14.4 Å². The SMILES string of the molecule is COc1ccc(OCC(=O)N(CCSC)c2ccccc2)cc1. The number of carbonyl (C=O) groups is 1. The molecule has 122 valence electrons. The van der Waals surface area contributed by atoms with Gasteiger partial charge in [0.1, 0.15) is 11.5 Å². The molecule has 0 aromatic heterocycles. The predicted molar refractivity (Wildman–Crippen MR) is 95.7 cm³/mol. The van der Waals surface area contributed by atoms with Gasteiger partial charge >= 0.3 is 0 Å². The van der Waals surface area contributed by atoms with E-state index in [4.69, 9.17) is 9.47 Å². The van der Waals surface area contributed by atoms with Crippen LogP contribution in [0.1, 0.15) is 0 Å². The molecule has 2 aromatic rings. The molecule has 0 unspecified atom stereocenters. The summed E-state index contributed by atoms with van der Waals surface area (Å²) in [5, 5.41) is 0. The molecular weight excluding hydrogens is 310 g/mol. The monoisotopic (exact) mass is 331 g/mol. The summed E-state index contributed by atoms with van der Waals surface area (Å²) in [5.74, 6) is 2.23. The van der Waals surface area contributed by atoms with E-state index >= 15 is 0 Å². The molecule has 0 N–H and O–H groups in total. The molecule has 0 aliphatic rings.